The number of hydrogen-bond donors (Lipinski definition) is 3. The first-order chi connectivity index (χ1) is 5.24. The topological polar surface area (TPSA) is 50.1 Å². The molecule has 3 nitrogen and oxygen atoms in total. The van der Waals surface area contributed by atoms with Gasteiger partial charge in [-0.3, -0.25) is 0 Å². The van der Waals surface area contributed by atoms with Gasteiger partial charge < -0.3 is 10.7 Å². The maximum Gasteiger partial charge on any atom is 0.180 e. The predicted molar refractivity (Wildman–Crippen MR) is 49.8 cm³/mol. The van der Waals surface area contributed by atoms with E-state index >= 15 is 0 Å². The molecule has 0 radical (unpaired) electrons. The molecule has 4 N–H and O–H groups in total. The summed E-state index contributed by atoms with van der Waals surface area (Å²) in [6.07, 6.45) is 2.76. The second kappa shape index (κ2) is 3.88. The molecular formula is C7H15N3S. The second-order valence-electron chi connectivity index (χ2n) is 3.17. The highest BCUT2D eigenvalue weighted by Crippen LogP contribution is 2.35. The Kier molecular flexibility index (Phi) is 3.08. The van der Waals surface area contributed by atoms with E-state index in [1.807, 2.05) is 0 Å². The summed E-state index contributed by atoms with van der Waals surface area (Å²) < 4.78 is 0. The summed E-state index contributed by atoms with van der Waals surface area (Å²) in [6.45, 7) is 3.18. The summed E-state index contributed by atoms with van der Waals surface area (Å²) in [5.41, 5.74) is 2.40. The zero-order valence-electron chi connectivity index (χ0n) is 6.76. The molecule has 0 amide bonds. The lowest BCUT2D eigenvalue weighted by Gasteiger charge is -2.12. The molecule has 1 fully saturated rings. The van der Waals surface area contributed by atoms with E-state index in [1.54, 1.807) is 0 Å². The van der Waals surface area contributed by atoms with Gasteiger partial charge in [0.05, 0.1) is 0 Å². The highest BCUT2D eigenvalue weighted by molar-refractivity contribution is 7.80. The van der Waals surface area contributed by atoms with Crippen LogP contribution in [0, 0.1) is 11.8 Å². The number of nitrogens with one attached hydrogen (secondary N) is 2. The zero-order chi connectivity index (χ0) is 8.27. The van der Waals surface area contributed by atoms with Gasteiger partial charge in [-0.1, -0.05) is 6.92 Å². The van der Waals surface area contributed by atoms with Gasteiger partial charge in [0.1, 0.15) is 0 Å². The lowest BCUT2D eigenvalue weighted by molar-refractivity contribution is 0.498. The lowest BCUT2D eigenvalue weighted by atomic mass is 10.1. The van der Waals surface area contributed by atoms with Crippen molar-refractivity contribution in [2.75, 3.05) is 6.54 Å². The fraction of sp³-hybridized carbons (Fsp3) is 0.857. The first-order valence-corrected chi connectivity index (χ1v) is 4.39. The van der Waals surface area contributed by atoms with E-state index in [9.17, 15) is 0 Å². The zero-order valence-corrected chi connectivity index (χ0v) is 7.58. The first kappa shape index (κ1) is 8.74. The number of nitrogens with two attached hydrogens (primary N) is 1. The number of hydrogen-bond acceptors (Lipinski definition) is 2. The van der Waals surface area contributed by atoms with Gasteiger partial charge >= 0.3 is 0 Å². The molecule has 0 heterocycles. The van der Waals surface area contributed by atoms with Gasteiger partial charge in [-0.2, -0.15) is 0 Å². The van der Waals surface area contributed by atoms with E-state index < -0.39 is 0 Å². The Morgan fingerprint density at radius 2 is 2.36 bits per heavy atom. The Balaban J connectivity index is 2.05. The molecule has 0 aromatic rings. The van der Waals surface area contributed by atoms with Gasteiger partial charge in [-0.05, 0) is 36.9 Å². The van der Waals surface area contributed by atoms with Gasteiger partial charge in [0.25, 0.3) is 0 Å². The van der Waals surface area contributed by atoms with E-state index in [2.05, 4.69) is 17.7 Å². The Bertz CT molecular complexity index is 145. The van der Waals surface area contributed by atoms with E-state index in [0.717, 1.165) is 18.4 Å². The van der Waals surface area contributed by atoms with Gasteiger partial charge in [0.15, 0.2) is 5.11 Å². The highest BCUT2D eigenvalue weighted by atomic mass is 32.1. The summed E-state index contributed by atoms with van der Waals surface area (Å²) in [5, 5.41) is 3.59. The monoisotopic (exact) mass is 173 g/mol. The lowest BCUT2D eigenvalue weighted by Crippen LogP contribution is -2.41. The number of rotatable bonds is 3. The fourth-order valence-corrected chi connectivity index (χ4v) is 1.22. The molecule has 1 saturated carbocycles. The summed E-state index contributed by atoms with van der Waals surface area (Å²) in [6, 6.07) is 0. The summed E-state index contributed by atoms with van der Waals surface area (Å²) in [5.74, 6) is 6.74. The van der Waals surface area contributed by atoms with Crippen molar-refractivity contribution < 1.29 is 0 Å². The quantitative estimate of drug-likeness (QED) is 0.328. The Morgan fingerprint density at radius 3 is 2.82 bits per heavy atom. The molecule has 1 rings (SSSR count). The first-order valence-electron chi connectivity index (χ1n) is 3.98. The minimum absolute atomic E-state index is 0.539. The SMILES string of the molecule is CC(CNC(=S)NN)C1CC1. The van der Waals surface area contributed by atoms with Crippen LogP contribution in [-0.4, -0.2) is 11.7 Å². The van der Waals surface area contributed by atoms with Crippen LogP contribution >= 0.6 is 12.2 Å². The van der Waals surface area contributed by atoms with E-state index in [1.165, 1.54) is 12.8 Å². The van der Waals surface area contributed by atoms with Crippen molar-refractivity contribution in [1.29, 1.82) is 0 Å². The molecule has 4 heteroatoms. The van der Waals surface area contributed by atoms with Crippen LogP contribution in [0.5, 0.6) is 0 Å². The third-order valence-electron chi connectivity index (χ3n) is 2.14. The Labute approximate surface area is 72.7 Å². The standard InChI is InChI=1S/C7H15N3S/c1-5(6-2-3-6)4-9-7(11)10-8/h5-6H,2-4,8H2,1H3,(H2,9,10,11). The van der Waals surface area contributed by atoms with E-state index in [4.69, 9.17) is 18.1 Å². The summed E-state index contributed by atoms with van der Waals surface area (Å²) in [4.78, 5) is 0. The van der Waals surface area contributed by atoms with E-state index in [0.29, 0.717) is 5.11 Å². The Hall–Kier alpha value is -0.350. The predicted octanol–water partition coefficient (Wildman–Crippen LogP) is 0.370. The molecule has 0 aliphatic heterocycles. The van der Waals surface area contributed by atoms with Crippen LogP contribution in [0.2, 0.25) is 0 Å². The van der Waals surface area contributed by atoms with Crippen molar-refractivity contribution in [2.45, 2.75) is 19.8 Å². The van der Waals surface area contributed by atoms with Crippen LogP contribution in [0.4, 0.5) is 0 Å². The molecule has 1 aliphatic rings. The minimum Gasteiger partial charge on any atom is -0.361 e. The smallest absolute Gasteiger partial charge is 0.180 e. The van der Waals surface area contributed by atoms with E-state index in [-0.39, 0.29) is 0 Å². The van der Waals surface area contributed by atoms with Crippen molar-refractivity contribution >= 4 is 17.3 Å². The van der Waals surface area contributed by atoms with Crippen LogP contribution < -0.4 is 16.6 Å². The molecule has 0 aromatic carbocycles. The maximum atomic E-state index is 5.10. The van der Waals surface area contributed by atoms with Gasteiger partial charge in [0.2, 0.25) is 0 Å². The normalized spacial score (nSPS) is 19.1. The van der Waals surface area contributed by atoms with Crippen molar-refractivity contribution in [1.82, 2.24) is 10.7 Å². The van der Waals surface area contributed by atoms with Crippen LogP contribution in [0.25, 0.3) is 0 Å². The largest absolute Gasteiger partial charge is 0.361 e. The average molecular weight is 173 g/mol. The fourth-order valence-electron chi connectivity index (χ4n) is 1.14. The molecule has 1 atom stereocenters. The average Bonchev–Trinajstić information content (AvgIpc) is 2.81. The third-order valence-corrected chi connectivity index (χ3v) is 2.40. The second-order valence-corrected chi connectivity index (χ2v) is 3.58. The van der Waals surface area contributed by atoms with Crippen LogP contribution in [0.1, 0.15) is 19.8 Å². The third kappa shape index (κ3) is 3.03. The molecule has 0 aromatic heterocycles. The number of thiocarbonyl (C=S) groups is 1. The Morgan fingerprint density at radius 1 is 1.73 bits per heavy atom. The summed E-state index contributed by atoms with van der Waals surface area (Å²) >= 11 is 4.83. The molecule has 64 valence electrons. The molecule has 0 saturated heterocycles. The van der Waals surface area contributed by atoms with Gasteiger partial charge in [-0.15, -0.1) is 0 Å². The molecule has 1 aliphatic carbocycles. The minimum atomic E-state index is 0.539. The van der Waals surface area contributed by atoms with Gasteiger partial charge in [-0.25, -0.2) is 5.84 Å². The molecule has 1 unspecified atom stereocenters. The molecular weight excluding hydrogens is 158 g/mol. The number of hydrazine groups is 1. The van der Waals surface area contributed by atoms with Gasteiger partial charge in [0, 0.05) is 6.54 Å². The van der Waals surface area contributed by atoms with Crippen LogP contribution in [0.15, 0.2) is 0 Å². The van der Waals surface area contributed by atoms with Crippen LogP contribution in [0.3, 0.4) is 0 Å². The summed E-state index contributed by atoms with van der Waals surface area (Å²) in [7, 11) is 0. The highest BCUT2D eigenvalue weighted by Gasteiger charge is 2.27. The molecule has 11 heavy (non-hydrogen) atoms. The van der Waals surface area contributed by atoms with Crippen molar-refractivity contribution in [2.24, 2.45) is 17.7 Å². The van der Waals surface area contributed by atoms with Crippen molar-refractivity contribution in [3.63, 3.8) is 0 Å². The molecule has 0 spiro atoms. The van der Waals surface area contributed by atoms with Crippen molar-refractivity contribution in [3.05, 3.63) is 0 Å². The van der Waals surface area contributed by atoms with Crippen LogP contribution in [-0.2, 0) is 0 Å². The molecule has 0 bridgehead atoms. The maximum absolute atomic E-state index is 5.10. The van der Waals surface area contributed by atoms with Crippen molar-refractivity contribution in [3.8, 4) is 0 Å².